The van der Waals surface area contributed by atoms with Gasteiger partial charge in [0.15, 0.2) is 22.2 Å². The molecule has 0 saturated heterocycles. The SMILES string of the molecule is ClC[C](Cl)Cl.[AlH3]. The van der Waals surface area contributed by atoms with E-state index in [2.05, 4.69) is 0 Å². The summed E-state index contributed by atoms with van der Waals surface area (Å²) in [4.78, 5) is 0.215. The third kappa shape index (κ3) is 9.04. The zero-order chi connectivity index (χ0) is 4.28. The lowest BCUT2D eigenvalue weighted by molar-refractivity contribution is 1.64. The standard InChI is InChI=1S/C2H2Cl3.Al.3H/c3-1-2(4)5;;;;/h1H2;;;;. The van der Waals surface area contributed by atoms with Crippen LogP contribution in [0.2, 0.25) is 0 Å². The van der Waals surface area contributed by atoms with Gasteiger partial charge in [0.25, 0.3) is 0 Å². The Hall–Kier alpha value is 1.40. The van der Waals surface area contributed by atoms with Gasteiger partial charge in [0.05, 0.1) is 5.88 Å². The van der Waals surface area contributed by atoms with Gasteiger partial charge in [0, 0.05) is 0 Å². The highest BCUT2D eigenvalue weighted by atomic mass is 35.5. The molecule has 0 unspecified atom stereocenters. The van der Waals surface area contributed by atoms with E-state index in [1.165, 1.54) is 0 Å². The van der Waals surface area contributed by atoms with Crippen molar-refractivity contribution < 1.29 is 0 Å². The van der Waals surface area contributed by atoms with Crippen molar-refractivity contribution in [3.63, 3.8) is 0 Å². The molecule has 0 aliphatic carbocycles. The molecule has 0 fully saturated rings. The van der Waals surface area contributed by atoms with Gasteiger partial charge in [-0.15, -0.1) is 11.6 Å². The molecule has 0 spiro atoms. The lowest BCUT2D eigenvalue weighted by Gasteiger charge is -1.80. The third-order valence-electron chi connectivity index (χ3n) is 0.101. The fourth-order valence-electron chi connectivity index (χ4n) is 0. The molecule has 0 rings (SSSR count). The Kier molecular flexibility index (Phi) is 11.1. The van der Waals surface area contributed by atoms with Crippen LogP contribution in [0.1, 0.15) is 0 Å². The maximum atomic E-state index is 5.04. The molecule has 0 atom stereocenters. The van der Waals surface area contributed by atoms with Crippen molar-refractivity contribution >= 4 is 52.2 Å². The Morgan fingerprint density at radius 3 is 1.50 bits per heavy atom. The Morgan fingerprint density at radius 2 is 1.50 bits per heavy atom. The minimum atomic E-state index is 0. The van der Waals surface area contributed by atoms with E-state index in [9.17, 15) is 0 Å². The van der Waals surface area contributed by atoms with Crippen LogP contribution in [-0.2, 0) is 0 Å². The average Bonchev–Trinajstić information content (AvgIpc) is 1.38. The molecule has 0 N–H and O–H groups in total. The Labute approximate surface area is 62.9 Å². The van der Waals surface area contributed by atoms with Crippen molar-refractivity contribution in [2.24, 2.45) is 0 Å². The molecule has 4 heteroatoms. The lowest BCUT2D eigenvalue weighted by atomic mass is 10.9. The van der Waals surface area contributed by atoms with Gasteiger partial charge in [-0.2, -0.15) is 0 Å². The van der Waals surface area contributed by atoms with Crippen molar-refractivity contribution in [2.45, 2.75) is 0 Å². The molecule has 37 valence electrons. The maximum Gasteiger partial charge on any atom is 0.187 e. The highest BCUT2D eigenvalue weighted by molar-refractivity contribution is 6.55. The van der Waals surface area contributed by atoms with Crippen LogP contribution in [0.5, 0.6) is 0 Å². The van der Waals surface area contributed by atoms with Gasteiger partial charge in [-0.1, -0.05) is 23.2 Å². The van der Waals surface area contributed by atoms with Crippen LogP contribution in [0.4, 0.5) is 0 Å². The smallest absolute Gasteiger partial charge is 0.123 e. The van der Waals surface area contributed by atoms with Gasteiger partial charge in [-0.25, -0.2) is 0 Å². The first-order valence-electron chi connectivity index (χ1n) is 0.999. The minimum Gasteiger partial charge on any atom is -0.123 e. The quantitative estimate of drug-likeness (QED) is 0.399. The summed E-state index contributed by atoms with van der Waals surface area (Å²) >= 11 is 15.1. The second-order valence-electron chi connectivity index (χ2n) is 0.472. The summed E-state index contributed by atoms with van der Waals surface area (Å²) in [7, 11) is 0. The summed E-state index contributed by atoms with van der Waals surface area (Å²) in [6, 6.07) is 0. The van der Waals surface area contributed by atoms with E-state index in [1.54, 1.807) is 0 Å². The fraction of sp³-hybridized carbons (Fsp3) is 0.500. The van der Waals surface area contributed by atoms with E-state index in [0.717, 1.165) is 0 Å². The predicted molar refractivity (Wildman–Crippen MR) is 35.6 cm³/mol. The summed E-state index contributed by atoms with van der Waals surface area (Å²) in [6.07, 6.45) is 0. The molecule has 0 nitrogen and oxygen atoms in total. The zero-order valence-corrected chi connectivity index (χ0v) is 4.61. The molecular formula is C2H5AlCl3. The molecule has 0 aliphatic rings. The Balaban J connectivity index is 0. The average molecular weight is 162 g/mol. The second kappa shape index (κ2) is 6.40. The molecular weight excluding hydrogens is 157 g/mol. The molecule has 0 saturated carbocycles. The van der Waals surface area contributed by atoms with Gasteiger partial charge in [-0.05, 0) is 0 Å². The molecule has 0 bridgehead atoms. The fourth-order valence-corrected chi connectivity index (χ4v) is 0. The van der Waals surface area contributed by atoms with Crippen molar-refractivity contribution in [2.75, 3.05) is 5.88 Å². The van der Waals surface area contributed by atoms with E-state index < -0.39 is 0 Å². The van der Waals surface area contributed by atoms with Gasteiger partial charge >= 0.3 is 0 Å². The number of hydrogen-bond donors (Lipinski definition) is 0. The second-order valence-corrected chi connectivity index (χ2v) is 1.85. The van der Waals surface area contributed by atoms with Crippen LogP contribution >= 0.6 is 34.8 Å². The van der Waals surface area contributed by atoms with E-state index in [-0.39, 0.29) is 28.1 Å². The van der Waals surface area contributed by atoms with Gasteiger partial charge < -0.3 is 0 Å². The van der Waals surface area contributed by atoms with Gasteiger partial charge in [0.2, 0.25) is 0 Å². The van der Waals surface area contributed by atoms with Crippen LogP contribution in [-0.4, -0.2) is 23.2 Å². The Bertz CT molecular complexity index is 22.8. The zero-order valence-electron chi connectivity index (χ0n) is 2.34. The summed E-state index contributed by atoms with van der Waals surface area (Å²) in [6.45, 7) is 0. The highest BCUT2D eigenvalue weighted by Crippen LogP contribution is 2.11. The maximum absolute atomic E-state index is 5.04. The number of halogens is 3. The molecule has 0 aromatic carbocycles. The summed E-state index contributed by atoms with van der Waals surface area (Å²) in [5, 5.41) is 0. The number of rotatable bonds is 1. The van der Waals surface area contributed by atoms with E-state index in [0.29, 0.717) is 0 Å². The van der Waals surface area contributed by atoms with Crippen LogP contribution in [0, 0.1) is 4.84 Å². The molecule has 6 heavy (non-hydrogen) atoms. The number of hydrogen-bond acceptors (Lipinski definition) is 0. The van der Waals surface area contributed by atoms with Crippen molar-refractivity contribution in [3.05, 3.63) is 4.84 Å². The van der Waals surface area contributed by atoms with Crippen molar-refractivity contribution in [1.29, 1.82) is 0 Å². The van der Waals surface area contributed by atoms with E-state index in [1.807, 2.05) is 0 Å². The molecule has 0 aromatic rings. The largest absolute Gasteiger partial charge is 0.187 e. The summed E-state index contributed by atoms with van der Waals surface area (Å²) in [5.74, 6) is 0.225. The molecule has 0 amide bonds. The minimum absolute atomic E-state index is 0. The van der Waals surface area contributed by atoms with E-state index in [4.69, 9.17) is 34.8 Å². The lowest BCUT2D eigenvalue weighted by Crippen LogP contribution is -1.69. The topological polar surface area (TPSA) is 0 Å². The van der Waals surface area contributed by atoms with Crippen molar-refractivity contribution in [1.82, 2.24) is 0 Å². The number of alkyl halides is 1. The first-order chi connectivity index (χ1) is 2.27. The van der Waals surface area contributed by atoms with Gasteiger partial charge in [0.1, 0.15) is 0 Å². The van der Waals surface area contributed by atoms with Crippen LogP contribution in [0.25, 0.3) is 0 Å². The summed E-state index contributed by atoms with van der Waals surface area (Å²) < 4.78 is 0. The van der Waals surface area contributed by atoms with Crippen molar-refractivity contribution in [3.8, 4) is 0 Å². The molecule has 1 radical (unpaired) electrons. The normalized spacial score (nSPS) is 8.00. The van der Waals surface area contributed by atoms with Crippen LogP contribution < -0.4 is 0 Å². The predicted octanol–water partition coefficient (Wildman–Crippen LogP) is 1.01. The molecule has 0 aliphatic heterocycles. The summed E-state index contributed by atoms with van der Waals surface area (Å²) in [5.41, 5.74) is 0. The first-order valence-corrected chi connectivity index (χ1v) is 2.29. The van der Waals surface area contributed by atoms with Gasteiger partial charge in [-0.3, -0.25) is 0 Å². The molecule has 0 aromatic heterocycles. The Morgan fingerprint density at radius 1 is 1.33 bits per heavy atom. The van der Waals surface area contributed by atoms with Crippen LogP contribution in [0.3, 0.4) is 0 Å². The van der Waals surface area contributed by atoms with E-state index >= 15 is 0 Å². The third-order valence-corrected chi connectivity index (χ3v) is 0.909. The monoisotopic (exact) mass is 161 g/mol. The highest BCUT2D eigenvalue weighted by Gasteiger charge is 1.91. The van der Waals surface area contributed by atoms with Crippen LogP contribution in [0.15, 0.2) is 0 Å². The first kappa shape index (κ1) is 10.4. The molecule has 0 heterocycles.